The highest BCUT2D eigenvalue weighted by Crippen LogP contribution is 2.30. The number of benzodiazepines with no additional fused rings is 1. The normalized spacial score (nSPS) is 16.4. The molecule has 1 aromatic heterocycles. The number of aliphatic imine (C=N–C) groups is 1. The van der Waals surface area contributed by atoms with Crippen LogP contribution < -0.4 is 9.64 Å². The molecule has 1 aliphatic heterocycles. The summed E-state index contributed by atoms with van der Waals surface area (Å²) < 4.78 is 5.15. The fourth-order valence-electron chi connectivity index (χ4n) is 2.52. The lowest BCUT2D eigenvalue weighted by atomic mass is 10.0. The number of hydrogen-bond donors (Lipinski definition) is 0. The fourth-order valence-corrected chi connectivity index (χ4v) is 2.69. The first kappa shape index (κ1) is 16.8. The van der Waals surface area contributed by atoms with Gasteiger partial charge in [0.2, 0.25) is 12.0 Å². The zero-order valence-corrected chi connectivity index (χ0v) is 14.2. The zero-order chi connectivity index (χ0) is 18.0. The van der Waals surface area contributed by atoms with Gasteiger partial charge in [-0.1, -0.05) is 22.8 Å². The van der Waals surface area contributed by atoms with Crippen LogP contribution in [0.25, 0.3) is 10.4 Å². The summed E-state index contributed by atoms with van der Waals surface area (Å²) in [5.74, 6) is -0.0488. The molecule has 0 saturated carbocycles. The molecule has 1 atom stereocenters. The molecule has 0 saturated heterocycles. The van der Waals surface area contributed by atoms with Crippen LogP contribution in [0, 0.1) is 0 Å². The summed E-state index contributed by atoms with van der Waals surface area (Å²) in [5.41, 5.74) is 10.8. The Morgan fingerprint density at radius 2 is 2.16 bits per heavy atom. The van der Waals surface area contributed by atoms with Crippen molar-refractivity contribution in [1.29, 1.82) is 0 Å². The first-order valence-electron chi connectivity index (χ1n) is 7.26. The van der Waals surface area contributed by atoms with Crippen molar-refractivity contribution in [2.45, 2.75) is 6.17 Å². The van der Waals surface area contributed by atoms with Crippen LogP contribution in [-0.4, -0.2) is 36.9 Å². The van der Waals surface area contributed by atoms with Gasteiger partial charge in [0.25, 0.3) is 5.91 Å². The molecule has 1 unspecified atom stereocenters. The number of likely N-dealkylation sites (N-methyl/N-ethyl adjacent to an activating group) is 1. The van der Waals surface area contributed by atoms with Crippen LogP contribution >= 0.6 is 11.6 Å². The van der Waals surface area contributed by atoms with Crippen molar-refractivity contribution < 1.29 is 9.53 Å². The highest BCUT2D eigenvalue weighted by molar-refractivity contribution is 6.32. The smallest absolute Gasteiger partial charge is 0.257 e. The van der Waals surface area contributed by atoms with E-state index in [0.717, 1.165) is 0 Å². The maximum Gasteiger partial charge on any atom is 0.257 e. The van der Waals surface area contributed by atoms with E-state index in [2.05, 4.69) is 20.0 Å². The summed E-state index contributed by atoms with van der Waals surface area (Å²) in [6.07, 6.45) is -1.23. The summed E-state index contributed by atoms with van der Waals surface area (Å²) in [7, 11) is 3.10. The van der Waals surface area contributed by atoms with Gasteiger partial charge in [-0.3, -0.25) is 9.79 Å². The molecule has 0 fully saturated rings. The van der Waals surface area contributed by atoms with E-state index in [0.29, 0.717) is 33.6 Å². The molecule has 0 aliphatic carbocycles. The number of ether oxygens (including phenoxy) is 1. The Hall–Kier alpha value is -3.09. The zero-order valence-electron chi connectivity index (χ0n) is 13.4. The summed E-state index contributed by atoms with van der Waals surface area (Å²) in [6.45, 7) is 0. The van der Waals surface area contributed by atoms with E-state index in [1.165, 1.54) is 12.0 Å². The fraction of sp³-hybridized carbons (Fsp3) is 0.188. The van der Waals surface area contributed by atoms with Crippen LogP contribution in [-0.2, 0) is 4.79 Å². The van der Waals surface area contributed by atoms with Gasteiger partial charge >= 0.3 is 0 Å². The van der Waals surface area contributed by atoms with E-state index >= 15 is 0 Å². The lowest BCUT2D eigenvalue weighted by Gasteiger charge is -2.19. The van der Waals surface area contributed by atoms with E-state index in [-0.39, 0.29) is 0 Å². The summed E-state index contributed by atoms with van der Waals surface area (Å²) in [4.78, 5) is 25.4. The molecule has 3 rings (SSSR count). The lowest BCUT2D eigenvalue weighted by molar-refractivity contribution is -0.119. The van der Waals surface area contributed by atoms with Crippen molar-refractivity contribution in [1.82, 2.24) is 4.98 Å². The van der Waals surface area contributed by atoms with E-state index in [1.54, 1.807) is 43.4 Å². The van der Waals surface area contributed by atoms with Crippen molar-refractivity contribution in [3.8, 4) is 5.88 Å². The van der Waals surface area contributed by atoms with Crippen molar-refractivity contribution >= 4 is 28.9 Å². The second-order valence-electron chi connectivity index (χ2n) is 5.18. The molecule has 8 nitrogen and oxygen atoms in total. The third-order valence-electron chi connectivity index (χ3n) is 3.71. The number of aromatic nitrogens is 1. The average molecular weight is 357 g/mol. The second-order valence-corrected chi connectivity index (χ2v) is 5.62. The van der Waals surface area contributed by atoms with Crippen LogP contribution in [0.5, 0.6) is 5.88 Å². The Labute approximate surface area is 148 Å². The van der Waals surface area contributed by atoms with Crippen molar-refractivity contribution in [2.24, 2.45) is 10.1 Å². The number of nitrogens with zero attached hydrogens (tertiary/aromatic N) is 6. The number of rotatable bonds is 3. The highest BCUT2D eigenvalue weighted by Gasteiger charge is 2.30. The maximum absolute atomic E-state index is 12.6. The number of amides is 1. The Morgan fingerprint density at radius 1 is 1.36 bits per heavy atom. The summed E-state index contributed by atoms with van der Waals surface area (Å²) >= 11 is 6.14. The molecule has 25 heavy (non-hydrogen) atoms. The minimum atomic E-state index is -1.23. The number of carbonyl (C=O) groups excluding carboxylic acids is 1. The standard InChI is InChI=1S/C16H13ClN6O2/c1-23-12-7-6-9(17)8-10(12)14(20-15(16(23)24)21-22-18)11-4-3-5-13(19-11)25-2/h3-8,15H,1-2H3. The quantitative estimate of drug-likeness (QED) is 0.479. The Morgan fingerprint density at radius 3 is 2.88 bits per heavy atom. The van der Waals surface area contributed by atoms with E-state index in [1.807, 2.05) is 0 Å². The van der Waals surface area contributed by atoms with Gasteiger partial charge < -0.3 is 9.64 Å². The largest absolute Gasteiger partial charge is 0.481 e. The number of hydrogen-bond acceptors (Lipinski definition) is 5. The first-order chi connectivity index (χ1) is 12.0. The Kier molecular flexibility index (Phi) is 4.56. The topological polar surface area (TPSA) is 104 Å². The third kappa shape index (κ3) is 3.13. The van der Waals surface area contributed by atoms with E-state index < -0.39 is 12.1 Å². The van der Waals surface area contributed by atoms with Crippen LogP contribution in [0.3, 0.4) is 0 Å². The minimum absolute atomic E-state index is 0.395. The predicted octanol–water partition coefficient (Wildman–Crippen LogP) is 3.19. The monoisotopic (exact) mass is 356 g/mol. The molecule has 0 bridgehead atoms. The van der Waals surface area contributed by atoms with Crippen LogP contribution in [0.2, 0.25) is 5.02 Å². The Bertz CT molecular complexity index is 923. The predicted molar refractivity (Wildman–Crippen MR) is 94.2 cm³/mol. The van der Waals surface area contributed by atoms with Gasteiger partial charge in [0.1, 0.15) is 0 Å². The number of methoxy groups -OCH3 is 1. The molecular formula is C16H13ClN6O2. The number of azide groups is 1. The SMILES string of the molecule is COc1cccc(C2=NC(N=[N+]=[N-])C(=O)N(C)c3ccc(Cl)cc32)n1. The van der Waals surface area contributed by atoms with Crippen LogP contribution in [0.15, 0.2) is 46.5 Å². The van der Waals surface area contributed by atoms with E-state index in [9.17, 15) is 4.79 Å². The molecule has 1 aromatic carbocycles. The van der Waals surface area contributed by atoms with Crippen molar-refractivity contribution in [2.75, 3.05) is 19.1 Å². The minimum Gasteiger partial charge on any atom is -0.481 e. The number of benzene rings is 1. The van der Waals surface area contributed by atoms with Gasteiger partial charge in [0.15, 0.2) is 0 Å². The summed E-state index contributed by atoms with van der Waals surface area (Å²) in [6, 6.07) is 10.3. The Balaban J connectivity index is 2.29. The summed E-state index contributed by atoms with van der Waals surface area (Å²) in [5, 5.41) is 3.99. The molecular weight excluding hydrogens is 344 g/mol. The van der Waals surface area contributed by atoms with Gasteiger partial charge in [-0.05, 0) is 29.8 Å². The van der Waals surface area contributed by atoms with Crippen LogP contribution in [0.1, 0.15) is 11.3 Å². The lowest BCUT2D eigenvalue weighted by Crippen LogP contribution is -2.33. The second kappa shape index (κ2) is 6.80. The molecule has 2 aromatic rings. The molecule has 0 radical (unpaired) electrons. The number of fused-ring (bicyclic) bond motifs is 1. The van der Waals surface area contributed by atoms with Gasteiger partial charge in [-0.15, -0.1) is 0 Å². The van der Waals surface area contributed by atoms with Crippen molar-refractivity contribution in [3.05, 3.63) is 63.1 Å². The van der Waals surface area contributed by atoms with Gasteiger partial charge in [-0.2, -0.15) is 0 Å². The molecule has 126 valence electrons. The molecule has 0 N–H and O–H groups in total. The molecule has 1 amide bonds. The molecule has 0 spiro atoms. The van der Waals surface area contributed by atoms with Gasteiger partial charge in [0, 0.05) is 28.6 Å². The van der Waals surface area contributed by atoms with Crippen molar-refractivity contribution in [3.63, 3.8) is 0 Å². The molecule has 2 heterocycles. The first-order valence-corrected chi connectivity index (χ1v) is 7.64. The molecule has 9 heteroatoms. The number of carbonyl (C=O) groups is 1. The third-order valence-corrected chi connectivity index (χ3v) is 3.95. The number of halogens is 1. The van der Waals surface area contributed by atoms with Crippen LogP contribution in [0.4, 0.5) is 5.69 Å². The number of anilines is 1. The average Bonchev–Trinajstić information content (AvgIpc) is 2.72. The van der Waals surface area contributed by atoms with E-state index in [4.69, 9.17) is 21.9 Å². The highest BCUT2D eigenvalue weighted by atomic mass is 35.5. The molecule has 1 aliphatic rings. The van der Waals surface area contributed by atoms with Gasteiger partial charge in [0.05, 0.1) is 24.2 Å². The number of pyridine rings is 1. The van der Waals surface area contributed by atoms with Gasteiger partial charge in [-0.25, -0.2) is 4.98 Å². The maximum atomic E-state index is 12.6.